The predicted octanol–water partition coefficient (Wildman–Crippen LogP) is 0.936. The summed E-state index contributed by atoms with van der Waals surface area (Å²) in [6.07, 6.45) is 5.68. The van der Waals surface area contributed by atoms with E-state index in [1.54, 1.807) is 13.1 Å². The molecular weight excluding hydrogens is 441 g/mol. The number of rotatable bonds is 1. The minimum Gasteiger partial charge on any atom is -0.487 e. The van der Waals surface area contributed by atoms with Crippen molar-refractivity contribution in [3.8, 4) is 0 Å². The molecule has 0 aliphatic rings. The molecule has 2 aromatic rings. The molecule has 1 N–H and O–H groups in total. The average molecular weight is 447 g/mol. The SMILES string of the molecule is Cc1[c-]c2cn[c-]n2cc1C(=O)O.[W].[Y]. The Bertz CT molecular complexity index is 484. The van der Waals surface area contributed by atoms with Gasteiger partial charge < -0.3 is 14.5 Å². The number of aromatic carboxylic acids is 1. The molecule has 2 aromatic heterocycles. The van der Waals surface area contributed by atoms with E-state index in [1.165, 1.54) is 10.6 Å². The van der Waals surface area contributed by atoms with Gasteiger partial charge in [-0.3, -0.25) is 4.79 Å². The molecule has 0 amide bonds. The van der Waals surface area contributed by atoms with E-state index in [1.807, 2.05) is 0 Å². The summed E-state index contributed by atoms with van der Waals surface area (Å²) >= 11 is 0. The van der Waals surface area contributed by atoms with E-state index in [0.29, 0.717) is 5.56 Å². The number of nitrogens with zero attached hydrogens (tertiary/aromatic N) is 2. The molecule has 1 radical (unpaired) electrons. The van der Waals surface area contributed by atoms with Crippen molar-refractivity contribution in [2.75, 3.05) is 0 Å². The van der Waals surface area contributed by atoms with Crippen LogP contribution in [0.2, 0.25) is 0 Å². The summed E-state index contributed by atoms with van der Waals surface area (Å²) in [5, 5.41) is 8.79. The van der Waals surface area contributed by atoms with Gasteiger partial charge in [-0.2, -0.15) is 5.56 Å². The Morgan fingerprint density at radius 2 is 2.27 bits per heavy atom. The van der Waals surface area contributed by atoms with Gasteiger partial charge in [0.25, 0.3) is 5.97 Å². The van der Waals surface area contributed by atoms with Gasteiger partial charge in [0, 0.05) is 60.1 Å². The second kappa shape index (κ2) is 5.88. The van der Waals surface area contributed by atoms with E-state index in [-0.39, 0.29) is 59.3 Å². The molecule has 0 saturated carbocycles. The molecule has 0 atom stereocenters. The summed E-state index contributed by atoms with van der Waals surface area (Å²) in [6.45, 7) is 1.70. The summed E-state index contributed by atoms with van der Waals surface area (Å²) in [7, 11) is 0. The van der Waals surface area contributed by atoms with E-state index < -0.39 is 5.97 Å². The Morgan fingerprint density at radius 1 is 1.60 bits per heavy atom. The normalized spacial score (nSPS) is 9.13. The van der Waals surface area contributed by atoms with Gasteiger partial charge in [-0.15, -0.1) is 11.7 Å². The molecule has 0 aliphatic carbocycles. The van der Waals surface area contributed by atoms with Crippen molar-refractivity contribution in [2.45, 2.75) is 6.92 Å². The van der Waals surface area contributed by atoms with Crippen molar-refractivity contribution in [1.29, 1.82) is 0 Å². The summed E-state index contributed by atoms with van der Waals surface area (Å²) in [4.78, 5) is 14.5. The van der Waals surface area contributed by atoms with Crippen LogP contribution >= 0.6 is 0 Å². The average Bonchev–Trinajstić information content (AvgIpc) is 2.48. The van der Waals surface area contributed by atoms with Crippen LogP contribution in [0.5, 0.6) is 0 Å². The van der Waals surface area contributed by atoms with Crippen LogP contribution in [0.25, 0.3) is 5.52 Å². The Balaban J connectivity index is 0.000000980. The van der Waals surface area contributed by atoms with Crippen molar-refractivity contribution in [3.05, 3.63) is 35.9 Å². The van der Waals surface area contributed by atoms with Crippen molar-refractivity contribution < 1.29 is 63.7 Å². The maximum atomic E-state index is 10.7. The van der Waals surface area contributed by atoms with Crippen LogP contribution in [0.4, 0.5) is 0 Å². The first-order valence-electron chi connectivity index (χ1n) is 3.69. The van der Waals surface area contributed by atoms with Crippen LogP contribution in [0.15, 0.2) is 12.4 Å². The Morgan fingerprint density at radius 3 is 2.87 bits per heavy atom. The maximum Gasteiger partial charge on any atom is 0.272 e. The van der Waals surface area contributed by atoms with Gasteiger partial charge in [-0.25, -0.2) is 6.07 Å². The van der Waals surface area contributed by atoms with Crippen LogP contribution in [0.1, 0.15) is 15.9 Å². The van der Waals surface area contributed by atoms with Gasteiger partial charge >= 0.3 is 0 Å². The maximum absolute atomic E-state index is 10.7. The molecule has 0 aliphatic heterocycles. The van der Waals surface area contributed by atoms with Crippen molar-refractivity contribution in [1.82, 2.24) is 9.38 Å². The topological polar surface area (TPSA) is 54.6 Å². The number of imidazole rings is 1. The third kappa shape index (κ3) is 2.96. The number of carboxylic acids is 1. The number of fused-ring (bicyclic) bond motifs is 1. The number of aryl methyl sites for hydroxylation is 1. The summed E-state index contributed by atoms with van der Waals surface area (Å²) in [6, 6.07) is 2.91. The molecule has 0 spiro atoms. The molecule has 0 saturated heterocycles. The molecule has 6 heteroatoms. The van der Waals surface area contributed by atoms with E-state index in [2.05, 4.69) is 17.4 Å². The minimum atomic E-state index is -0.960. The van der Waals surface area contributed by atoms with Crippen molar-refractivity contribution in [3.63, 3.8) is 0 Å². The Labute approximate surface area is 126 Å². The van der Waals surface area contributed by atoms with Crippen LogP contribution in [-0.2, 0) is 53.8 Å². The molecule has 2 rings (SSSR count). The zero-order valence-electron chi connectivity index (χ0n) is 7.89. The Hall–Kier alpha value is -0.0478. The molecule has 0 bridgehead atoms. The van der Waals surface area contributed by atoms with E-state index >= 15 is 0 Å². The summed E-state index contributed by atoms with van der Waals surface area (Å²) < 4.78 is 1.51. The van der Waals surface area contributed by atoms with Crippen LogP contribution < -0.4 is 0 Å². The number of aromatic nitrogens is 2. The van der Waals surface area contributed by atoms with Crippen molar-refractivity contribution >= 4 is 11.5 Å². The number of hydrogen-bond acceptors (Lipinski definition) is 2. The first kappa shape index (κ1) is 15.0. The molecular formula is C9H6N2O2WY-2. The summed E-state index contributed by atoms with van der Waals surface area (Å²) in [5.74, 6) is -0.960. The van der Waals surface area contributed by atoms with E-state index in [0.717, 1.165) is 5.52 Å². The zero-order valence-corrected chi connectivity index (χ0v) is 13.7. The van der Waals surface area contributed by atoms with E-state index in [9.17, 15) is 4.79 Å². The van der Waals surface area contributed by atoms with Gasteiger partial charge in [0.15, 0.2) is 0 Å². The molecule has 0 fully saturated rings. The van der Waals surface area contributed by atoms with E-state index in [4.69, 9.17) is 5.11 Å². The molecule has 2 heterocycles. The largest absolute Gasteiger partial charge is 0.487 e. The predicted molar refractivity (Wildman–Crippen MR) is 44.6 cm³/mol. The molecule has 0 aromatic carbocycles. The molecule has 0 unspecified atom stereocenters. The molecule has 15 heavy (non-hydrogen) atoms. The first-order valence-corrected chi connectivity index (χ1v) is 3.69. The van der Waals surface area contributed by atoms with Crippen molar-refractivity contribution in [2.24, 2.45) is 0 Å². The number of hydrogen-bond donors (Lipinski definition) is 1. The smallest absolute Gasteiger partial charge is 0.272 e. The van der Waals surface area contributed by atoms with Gasteiger partial charge in [0.1, 0.15) is 0 Å². The quantitative estimate of drug-likeness (QED) is 0.663. The van der Waals surface area contributed by atoms with Gasteiger partial charge in [0.05, 0.1) is 0 Å². The van der Waals surface area contributed by atoms with Crippen LogP contribution in [0.3, 0.4) is 0 Å². The third-order valence-electron chi connectivity index (χ3n) is 1.82. The van der Waals surface area contributed by atoms with Gasteiger partial charge in [0.2, 0.25) is 0 Å². The van der Waals surface area contributed by atoms with Crippen LogP contribution in [-0.4, -0.2) is 20.5 Å². The first-order chi connectivity index (χ1) is 6.18. The fourth-order valence-electron chi connectivity index (χ4n) is 1.16. The van der Waals surface area contributed by atoms with Crippen LogP contribution in [0, 0.1) is 19.3 Å². The second-order valence-electron chi connectivity index (χ2n) is 2.71. The molecule has 4 nitrogen and oxygen atoms in total. The Kier molecular flexibility index (Phi) is 5.86. The summed E-state index contributed by atoms with van der Waals surface area (Å²) in [5.41, 5.74) is 1.55. The van der Waals surface area contributed by atoms with Gasteiger partial charge in [-0.1, -0.05) is 18.7 Å². The monoisotopic (exact) mass is 447 g/mol. The molecule has 75 valence electrons. The number of carboxylic acid groups (broad SMARTS) is 1. The second-order valence-corrected chi connectivity index (χ2v) is 2.71. The standard InChI is InChI=1S/C9H6N2O2.W.Y/c1-6-2-7-3-10-5-11(7)4-8(6)9(12)13;;/h3-4H,1H3,(H,12,13);;/q-2;;. The zero-order chi connectivity index (χ0) is 9.42. The fraction of sp³-hybridized carbons (Fsp3) is 0.111. The van der Waals surface area contributed by atoms with Gasteiger partial charge in [-0.05, 0) is 0 Å². The minimum absolute atomic E-state index is 0. The number of pyridine rings is 1. The fourth-order valence-corrected chi connectivity index (χ4v) is 1.16. The third-order valence-corrected chi connectivity index (χ3v) is 1.82. The number of carbonyl (C=O) groups is 1.